The summed E-state index contributed by atoms with van der Waals surface area (Å²) < 4.78 is 32.5. The van der Waals surface area contributed by atoms with Crippen molar-refractivity contribution < 1.29 is 17.9 Å². The molecule has 0 aliphatic rings. The van der Waals surface area contributed by atoms with E-state index in [9.17, 15) is 13.2 Å². The molecule has 0 amide bonds. The summed E-state index contributed by atoms with van der Waals surface area (Å²) in [7, 11) is -3.62. The van der Waals surface area contributed by atoms with Gasteiger partial charge in [-0.2, -0.15) is 0 Å². The predicted molar refractivity (Wildman–Crippen MR) is 118 cm³/mol. The zero-order valence-electron chi connectivity index (χ0n) is 15.5. The fourth-order valence-electron chi connectivity index (χ4n) is 2.61. The van der Waals surface area contributed by atoms with Gasteiger partial charge in [0.15, 0.2) is 0 Å². The van der Waals surface area contributed by atoms with Crippen LogP contribution in [0.1, 0.15) is 16.1 Å². The number of thiazole rings is 1. The van der Waals surface area contributed by atoms with Crippen molar-refractivity contribution in [2.75, 3.05) is 4.72 Å². The van der Waals surface area contributed by atoms with Gasteiger partial charge in [-0.25, -0.2) is 18.2 Å². The normalized spacial score (nSPS) is 11.2. The van der Waals surface area contributed by atoms with Crippen LogP contribution < -0.4 is 4.72 Å². The smallest absolute Gasteiger partial charge is 0.338 e. The second-order valence-corrected chi connectivity index (χ2v) is 9.92. The number of ether oxygens (including phenoxy) is 1. The highest BCUT2D eigenvalue weighted by molar-refractivity contribution is 7.94. The molecule has 2 aromatic heterocycles. The number of hydrogen-bond acceptors (Lipinski definition) is 7. The first-order chi connectivity index (χ1) is 14.5. The number of rotatable bonds is 7. The van der Waals surface area contributed by atoms with Crippen molar-refractivity contribution in [1.29, 1.82) is 0 Å². The molecule has 30 heavy (non-hydrogen) atoms. The lowest BCUT2D eigenvalue weighted by molar-refractivity contribution is 0.0468. The van der Waals surface area contributed by atoms with Crippen molar-refractivity contribution in [3.63, 3.8) is 0 Å². The minimum absolute atomic E-state index is 0.0644. The standard InChI is InChI=1S/C21H16N2O4S3/c24-21(27-13-18-14-29-20(22-18)15-5-2-1-3-6-15)16-8-10-17(11-9-16)23-30(25,26)19-7-4-12-28-19/h1-12,14,23H,13H2. The summed E-state index contributed by atoms with van der Waals surface area (Å²) in [5, 5.41) is 4.42. The zero-order chi connectivity index (χ0) is 21.0. The number of nitrogens with one attached hydrogen (secondary N) is 1. The van der Waals surface area contributed by atoms with Crippen molar-refractivity contribution in [2.45, 2.75) is 10.8 Å². The van der Waals surface area contributed by atoms with Gasteiger partial charge in [0, 0.05) is 16.6 Å². The van der Waals surface area contributed by atoms with E-state index in [1.807, 2.05) is 35.7 Å². The molecule has 0 radical (unpaired) electrons. The first-order valence-corrected chi connectivity index (χ1v) is 12.1. The number of anilines is 1. The third-order valence-electron chi connectivity index (χ3n) is 4.06. The number of nitrogens with zero attached hydrogens (tertiary/aromatic N) is 1. The van der Waals surface area contributed by atoms with Crippen LogP contribution in [0.4, 0.5) is 5.69 Å². The highest BCUT2D eigenvalue weighted by Gasteiger charge is 2.16. The fourth-order valence-corrected chi connectivity index (χ4v) is 5.47. The lowest BCUT2D eigenvalue weighted by Gasteiger charge is -2.07. The van der Waals surface area contributed by atoms with E-state index in [1.54, 1.807) is 11.4 Å². The second kappa shape index (κ2) is 8.78. The molecule has 9 heteroatoms. The Kier molecular flexibility index (Phi) is 5.93. The molecule has 0 fully saturated rings. The van der Waals surface area contributed by atoms with E-state index in [1.165, 1.54) is 41.7 Å². The molecule has 6 nitrogen and oxygen atoms in total. The van der Waals surface area contributed by atoms with Crippen LogP contribution in [0, 0.1) is 0 Å². The van der Waals surface area contributed by atoms with E-state index in [4.69, 9.17) is 4.74 Å². The minimum Gasteiger partial charge on any atom is -0.456 e. The van der Waals surface area contributed by atoms with Crippen LogP contribution in [-0.4, -0.2) is 19.4 Å². The maximum atomic E-state index is 12.3. The Morgan fingerprint density at radius 3 is 2.43 bits per heavy atom. The van der Waals surface area contributed by atoms with E-state index >= 15 is 0 Å². The largest absolute Gasteiger partial charge is 0.456 e. The first kappa shape index (κ1) is 20.3. The van der Waals surface area contributed by atoms with Crippen LogP contribution in [0.5, 0.6) is 0 Å². The van der Waals surface area contributed by atoms with Gasteiger partial charge in [-0.05, 0) is 35.7 Å². The van der Waals surface area contributed by atoms with Crippen LogP contribution >= 0.6 is 22.7 Å². The molecule has 4 rings (SSSR count). The Hall–Kier alpha value is -3.01. The molecule has 0 spiro atoms. The van der Waals surface area contributed by atoms with Crippen LogP contribution in [-0.2, 0) is 21.4 Å². The average Bonchev–Trinajstić information content (AvgIpc) is 3.46. The van der Waals surface area contributed by atoms with Gasteiger partial charge in [-0.15, -0.1) is 22.7 Å². The van der Waals surface area contributed by atoms with Gasteiger partial charge in [-0.1, -0.05) is 36.4 Å². The van der Waals surface area contributed by atoms with Crippen molar-refractivity contribution in [2.24, 2.45) is 0 Å². The molecule has 0 unspecified atom stereocenters. The van der Waals surface area contributed by atoms with E-state index < -0.39 is 16.0 Å². The highest BCUT2D eigenvalue weighted by Crippen LogP contribution is 2.24. The SMILES string of the molecule is O=C(OCc1csc(-c2ccccc2)n1)c1ccc(NS(=O)(=O)c2cccs2)cc1. The molecular formula is C21H16N2O4S3. The summed E-state index contributed by atoms with van der Waals surface area (Å²) in [5.74, 6) is -0.503. The molecule has 1 N–H and O–H groups in total. The lowest BCUT2D eigenvalue weighted by Crippen LogP contribution is -2.11. The zero-order valence-corrected chi connectivity index (χ0v) is 18.0. The quantitative estimate of drug-likeness (QED) is 0.394. The van der Waals surface area contributed by atoms with Crippen LogP contribution in [0.15, 0.2) is 81.7 Å². The van der Waals surface area contributed by atoms with E-state index in [0.717, 1.165) is 21.9 Å². The van der Waals surface area contributed by atoms with Crippen LogP contribution in [0.25, 0.3) is 10.6 Å². The maximum Gasteiger partial charge on any atom is 0.338 e. The van der Waals surface area contributed by atoms with E-state index in [0.29, 0.717) is 16.9 Å². The molecule has 2 aromatic carbocycles. The number of sulfonamides is 1. The third kappa shape index (κ3) is 4.76. The monoisotopic (exact) mass is 456 g/mol. The number of aromatic nitrogens is 1. The van der Waals surface area contributed by atoms with Crippen LogP contribution in [0.2, 0.25) is 0 Å². The molecule has 0 saturated carbocycles. The number of carbonyl (C=O) groups excluding carboxylic acids is 1. The first-order valence-electron chi connectivity index (χ1n) is 8.84. The molecule has 0 aliphatic heterocycles. The van der Waals surface area contributed by atoms with Gasteiger partial charge in [0.1, 0.15) is 15.8 Å². The fraction of sp³-hybridized carbons (Fsp3) is 0.0476. The summed E-state index contributed by atoms with van der Waals surface area (Å²) >= 11 is 2.62. The Labute approximate surface area is 181 Å². The topological polar surface area (TPSA) is 85.4 Å². The van der Waals surface area contributed by atoms with E-state index in [2.05, 4.69) is 9.71 Å². The van der Waals surface area contributed by atoms with Crippen molar-refractivity contribution >= 4 is 44.4 Å². The Balaban J connectivity index is 1.36. The number of thiophene rings is 1. The Morgan fingerprint density at radius 2 is 1.73 bits per heavy atom. The molecular weight excluding hydrogens is 440 g/mol. The molecule has 0 bridgehead atoms. The van der Waals surface area contributed by atoms with Gasteiger partial charge in [-0.3, -0.25) is 4.72 Å². The average molecular weight is 457 g/mol. The summed E-state index contributed by atoms with van der Waals surface area (Å²) in [6, 6.07) is 19.1. The molecule has 4 aromatic rings. The van der Waals surface area contributed by atoms with Crippen molar-refractivity contribution in [3.8, 4) is 10.6 Å². The molecule has 152 valence electrons. The minimum atomic E-state index is -3.62. The number of benzene rings is 2. The third-order valence-corrected chi connectivity index (χ3v) is 7.78. The van der Waals surface area contributed by atoms with Crippen molar-refractivity contribution in [1.82, 2.24) is 4.98 Å². The Bertz CT molecular complexity index is 1230. The van der Waals surface area contributed by atoms with Crippen molar-refractivity contribution in [3.05, 3.63) is 88.7 Å². The summed E-state index contributed by atoms with van der Waals surface area (Å²) in [6.07, 6.45) is 0. The van der Waals surface area contributed by atoms with Gasteiger partial charge in [0.05, 0.1) is 11.3 Å². The van der Waals surface area contributed by atoms with Gasteiger partial charge >= 0.3 is 5.97 Å². The highest BCUT2D eigenvalue weighted by atomic mass is 32.2. The maximum absolute atomic E-state index is 12.3. The predicted octanol–water partition coefficient (Wildman–Crippen LogP) is 5.03. The molecule has 2 heterocycles. The summed E-state index contributed by atoms with van der Waals surface area (Å²) in [6.45, 7) is 0.0644. The number of esters is 1. The Morgan fingerprint density at radius 1 is 0.967 bits per heavy atom. The number of hydrogen-bond donors (Lipinski definition) is 1. The van der Waals surface area contributed by atoms with Gasteiger partial charge < -0.3 is 4.74 Å². The van der Waals surface area contributed by atoms with Gasteiger partial charge in [0.25, 0.3) is 10.0 Å². The van der Waals surface area contributed by atoms with E-state index in [-0.39, 0.29) is 10.8 Å². The second-order valence-electron chi connectivity index (χ2n) is 6.20. The molecule has 0 aliphatic carbocycles. The molecule has 0 saturated heterocycles. The summed E-state index contributed by atoms with van der Waals surface area (Å²) in [5.41, 5.74) is 2.38. The van der Waals surface area contributed by atoms with Gasteiger partial charge in [0.2, 0.25) is 0 Å². The molecule has 0 atom stereocenters. The summed E-state index contributed by atoms with van der Waals surface area (Å²) in [4.78, 5) is 16.8. The van der Waals surface area contributed by atoms with Crippen LogP contribution in [0.3, 0.4) is 0 Å². The lowest BCUT2D eigenvalue weighted by atomic mass is 10.2. The number of carbonyl (C=O) groups is 1.